The van der Waals surface area contributed by atoms with Gasteiger partial charge in [0, 0.05) is 31.1 Å². The van der Waals surface area contributed by atoms with Crippen LogP contribution in [0.5, 0.6) is 0 Å². The van der Waals surface area contributed by atoms with Gasteiger partial charge in [-0.3, -0.25) is 9.59 Å². The summed E-state index contributed by atoms with van der Waals surface area (Å²) in [6, 6.07) is -1.15. The first-order valence-electron chi connectivity index (χ1n) is 22.3. The molecule has 0 radical (unpaired) electrons. The van der Waals surface area contributed by atoms with Crippen molar-refractivity contribution < 1.29 is 84.7 Å². The fourth-order valence-electron chi connectivity index (χ4n) is 7.96. The molecular formula is C47H73NO17. The summed E-state index contributed by atoms with van der Waals surface area (Å²) < 4.78 is 23.1. The number of nitrogens with two attached hydrogens (primary N) is 1. The predicted octanol–water partition coefficient (Wildman–Crippen LogP) is 0.712. The van der Waals surface area contributed by atoms with Crippen LogP contribution in [0, 0.1) is 17.8 Å². The first-order valence-corrected chi connectivity index (χ1v) is 22.3. The van der Waals surface area contributed by atoms with Crippen LogP contribution in [0.1, 0.15) is 79.1 Å². The summed E-state index contributed by atoms with van der Waals surface area (Å²) in [6.07, 6.45) is 3.49. The largest absolute Gasteiger partial charge is 0.481 e. The van der Waals surface area contributed by atoms with E-state index in [2.05, 4.69) is 0 Å². The molecule has 368 valence electrons. The number of carboxylic acid groups (broad SMARTS) is 1. The Hall–Kier alpha value is -3.44. The van der Waals surface area contributed by atoms with Crippen LogP contribution in [0.2, 0.25) is 0 Å². The Morgan fingerprint density at radius 2 is 1.20 bits per heavy atom. The molecule has 18 heteroatoms. The molecule has 2 saturated heterocycles. The van der Waals surface area contributed by atoms with Crippen LogP contribution in [0.15, 0.2) is 85.1 Å². The highest BCUT2D eigenvalue weighted by Crippen LogP contribution is 2.38. The number of allylic oxidation sites excluding steroid dienone is 12. The Balaban J connectivity index is 1.86. The van der Waals surface area contributed by atoms with E-state index in [9.17, 15) is 65.8 Å². The fraction of sp³-hybridized carbons (Fsp3) is 0.660. The third kappa shape index (κ3) is 18.6. The minimum Gasteiger partial charge on any atom is -0.481 e. The van der Waals surface area contributed by atoms with Crippen molar-refractivity contribution in [1.82, 2.24) is 0 Å². The number of esters is 1. The summed E-state index contributed by atoms with van der Waals surface area (Å²) in [7, 11) is 0. The Morgan fingerprint density at radius 1 is 0.662 bits per heavy atom. The molecule has 0 spiro atoms. The van der Waals surface area contributed by atoms with Crippen LogP contribution < -0.4 is 5.73 Å². The monoisotopic (exact) mass is 923 g/mol. The minimum absolute atomic E-state index is 0.140. The van der Waals surface area contributed by atoms with Crippen LogP contribution in [-0.2, 0) is 28.5 Å². The molecule has 2 fully saturated rings. The van der Waals surface area contributed by atoms with E-state index in [1.165, 1.54) is 13.0 Å². The van der Waals surface area contributed by atoms with Crippen LogP contribution in [0.4, 0.5) is 0 Å². The van der Waals surface area contributed by atoms with E-state index < -0.39 is 141 Å². The molecule has 0 aromatic carbocycles. The van der Waals surface area contributed by atoms with Gasteiger partial charge in [-0.15, -0.1) is 0 Å². The lowest BCUT2D eigenvalue weighted by Gasteiger charge is -2.45. The Morgan fingerprint density at radius 3 is 1.78 bits per heavy atom. The molecule has 19 atom stereocenters. The predicted molar refractivity (Wildman–Crippen MR) is 237 cm³/mol. The maximum Gasteiger partial charge on any atom is 0.311 e. The van der Waals surface area contributed by atoms with Crippen molar-refractivity contribution in [3.63, 3.8) is 0 Å². The molecule has 65 heavy (non-hydrogen) atoms. The molecule has 0 amide bonds. The molecule has 0 saturated carbocycles. The lowest BCUT2D eigenvalue weighted by molar-refractivity contribution is -0.310. The van der Waals surface area contributed by atoms with Gasteiger partial charge in [0.2, 0.25) is 0 Å². The zero-order valence-electron chi connectivity index (χ0n) is 37.6. The third-order valence-electron chi connectivity index (χ3n) is 12.0. The van der Waals surface area contributed by atoms with Gasteiger partial charge < -0.3 is 80.9 Å². The molecule has 3 heterocycles. The topological polar surface area (TPSA) is 320 Å². The van der Waals surface area contributed by atoms with Crippen molar-refractivity contribution in [1.29, 1.82) is 0 Å². The average Bonchev–Trinajstić information content (AvgIpc) is 3.21. The van der Waals surface area contributed by atoms with Gasteiger partial charge in [-0.05, 0) is 39.5 Å². The SMILES string of the molecule is CC1OC(O[C@H]2C=CC=CC=CC=CC=CC=CC=C[C@H](C)[C@@H](O)[C@@H](C)[C@H](C)OC(=O)CC(O)CC(O)CC(O)CCC(O)C(O)C[C@]3(O)CC(O)C(C(=O)O)C(C2)O3)C(O)C(N)C1O. The van der Waals surface area contributed by atoms with Crippen molar-refractivity contribution in [3.05, 3.63) is 85.1 Å². The number of fused-ring (bicyclic) bond motifs is 2. The van der Waals surface area contributed by atoms with Crippen LogP contribution >= 0.6 is 0 Å². The Labute approximate surface area is 381 Å². The van der Waals surface area contributed by atoms with Crippen molar-refractivity contribution in [2.45, 2.75) is 177 Å². The number of ether oxygens (including phenoxy) is 4. The fourth-order valence-corrected chi connectivity index (χ4v) is 7.96. The van der Waals surface area contributed by atoms with Crippen molar-refractivity contribution >= 4 is 11.9 Å². The highest BCUT2D eigenvalue weighted by molar-refractivity contribution is 5.71. The maximum absolute atomic E-state index is 12.6. The number of carboxylic acids is 1. The van der Waals surface area contributed by atoms with Crippen molar-refractivity contribution in [2.75, 3.05) is 0 Å². The van der Waals surface area contributed by atoms with Gasteiger partial charge in [0.25, 0.3) is 0 Å². The van der Waals surface area contributed by atoms with E-state index in [1.54, 1.807) is 86.8 Å². The summed E-state index contributed by atoms with van der Waals surface area (Å²) in [6.45, 7) is 6.74. The molecule has 18 nitrogen and oxygen atoms in total. The normalized spacial score (nSPS) is 42.0. The molecule has 3 aliphatic rings. The first kappa shape index (κ1) is 55.9. The lowest BCUT2D eigenvalue weighted by Crippen LogP contribution is -2.61. The molecule has 3 aliphatic heterocycles. The van der Waals surface area contributed by atoms with Crippen molar-refractivity contribution in [2.24, 2.45) is 23.5 Å². The van der Waals surface area contributed by atoms with E-state index in [-0.39, 0.29) is 38.0 Å². The maximum atomic E-state index is 12.6. The number of carbonyl (C=O) groups is 2. The van der Waals surface area contributed by atoms with Gasteiger partial charge in [0.1, 0.15) is 18.1 Å². The number of cyclic esters (lactones) is 1. The second-order valence-corrected chi connectivity index (χ2v) is 17.6. The highest BCUT2D eigenvalue weighted by atomic mass is 16.7. The summed E-state index contributed by atoms with van der Waals surface area (Å²) >= 11 is 0. The Bertz CT molecular complexity index is 1670. The van der Waals surface area contributed by atoms with Gasteiger partial charge in [-0.25, -0.2) is 0 Å². The molecule has 0 aliphatic carbocycles. The second-order valence-electron chi connectivity index (χ2n) is 17.6. The van der Waals surface area contributed by atoms with Gasteiger partial charge in [-0.1, -0.05) is 98.9 Å². The van der Waals surface area contributed by atoms with Gasteiger partial charge >= 0.3 is 11.9 Å². The molecule has 3 rings (SSSR count). The molecule has 0 aromatic rings. The highest BCUT2D eigenvalue weighted by Gasteiger charge is 2.51. The van der Waals surface area contributed by atoms with Gasteiger partial charge in [-0.2, -0.15) is 0 Å². The summed E-state index contributed by atoms with van der Waals surface area (Å²) in [5.74, 6) is -6.88. The average molecular weight is 924 g/mol. The number of aliphatic hydroxyl groups excluding tert-OH is 9. The number of rotatable bonds is 3. The molecule has 13 unspecified atom stereocenters. The quantitative estimate of drug-likeness (QED) is 0.174. The van der Waals surface area contributed by atoms with E-state index in [4.69, 9.17) is 24.7 Å². The zero-order chi connectivity index (χ0) is 48.4. The van der Waals surface area contributed by atoms with E-state index in [0.717, 1.165) is 0 Å². The third-order valence-corrected chi connectivity index (χ3v) is 12.0. The molecule has 2 bridgehead atoms. The van der Waals surface area contributed by atoms with E-state index in [1.807, 2.05) is 13.0 Å². The molecular weight excluding hydrogens is 851 g/mol. The Kier molecular flexibility index (Phi) is 23.6. The lowest BCUT2D eigenvalue weighted by atomic mass is 9.82. The van der Waals surface area contributed by atoms with Crippen LogP contribution in [-0.4, -0.2) is 166 Å². The van der Waals surface area contributed by atoms with Gasteiger partial charge in [0.05, 0.1) is 79.6 Å². The smallest absolute Gasteiger partial charge is 0.311 e. The van der Waals surface area contributed by atoms with Crippen LogP contribution in [0.3, 0.4) is 0 Å². The second kappa shape index (κ2) is 27.4. The summed E-state index contributed by atoms with van der Waals surface area (Å²) in [5, 5.41) is 118. The van der Waals surface area contributed by atoms with Crippen LogP contribution in [0.25, 0.3) is 0 Å². The van der Waals surface area contributed by atoms with Gasteiger partial charge in [0.15, 0.2) is 12.1 Å². The number of carbonyl (C=O) groups excluding carboxylic acids is 1. The molecule has 13 N–H and O–H groups in total. The number of aliphatic carboxylic acids is 1. The standard InChI is InChI=1S/C47H73NO17/c1-27-17-15-13-11-9-7-5-6-8-10-12-14-16-18-34(64-46-44(58)41(48)43(57)30(4)63-46)24-38-40(45(59)60)37(54)26-47(61,65-38)25-36(53)35(52)20-19-31(49)21-32(50)22-33(51)23-39(55)62-29(3)28(2)42(27)56/h5-18,27-38,40-44,46,49-54,56-58,61H,19-26,48H2,1-4H3,(H,59,60)/t27-,28-,29-,30?,31?,32?,33?,34-,35?,36?,37?,38?,40?,41?,42+,43?,44?,46?,47+/m0/s1. The summed E-state index contributed by atoms with van der Waals surface area (Å²) in [4.78, 5) is 25.1. The number of hydrogen-bond donors (Lipinski definition) is 12. The minimum atomic E-state index is -2.36. The van der Waals surface area contributed by atoms with E-state index >= 15 is 0 Å². The van der Waals surface area contributed by atoms with E-state index in [0.29, 0.717) is 0 Å². The zero-order valence-corrected chi connectivity index (χ0v) is 37.6. The number of aliphatic hydroxyl groups is 10. The summed E-state index contributed by atoms with van der Waals surface area (Å²) in [5.41, 5.74) is 6.02. The molecule has 0 aromatic heterocycles. The number of hydrogen-bond acceptors (Lipinski definition) is 17. The van der Waals surface area contributed by atoms with Crippen molar-refractivity contribution in [3.8, 4) is 0 Å². The first-order chi connectivity index (χ1) is 30.6.